The minimum Gasteiger partial charge on any atom is -0.391 e. The van der Waals surface area contributed by atoms with Crippen LogP contribution >= 0.6 is 0 Å². The van der Waals surface area contributed by atoms with Crippen LogP contribution in [0.2, 0.25) is 0 Å². The van der Waals surface area contributed by atoms with Gasteiger partial charge in [0.05, 0.1) is 6.10 Å². The molecule has 6 nitrogen and oxygen atoms in total. The Kier molecular flexibility index (Phi) is 4.76. The molecular weight excluding hydrogens is 246 g/mol. The third-order valence-electron chi connectivity index (χ3n) is 4.05. The van der Waals surface area contributed by atoms with E-state index in [1.165, 1.54) is 17.7 Å². The number of β-amino-alcohol motifs (C(OH)–C–C–N with tert-alkyl or cyclic N) is 1. The number of hydrogen-bond donors (Lipinski definition) is 3. The van der Waals surface area contributed by atoms with Gasteiger partial charge in [-0.25, -0.2) is 0 Å². The molecule has 2 aliphatic heterocycles. The van der Waals surface area contributed by atoms with Crippen LogP contribution in [0.5, 0.6) is 0 Å². The van der Waals surface area contributed by atoms with Gasteiger partial charge >= 0.3 is 0 Å². The van der Waals surface area contributed by atoms with Crippen LogP contribution in [-0.2, 0) is 9.59 Å². The summed E-state index contributed by atoms with van der Waals surface area (Å²) in [5, 5.41) is 13.0. The Bertz CT molecular complexity index is 342. The van der Waals surface area contributed by atoms with Gasteiger partial charge in [0.1, 0.15) is 6.04 Å². The lowest BCUT2D eigenvalue weighted by Crippen LogP contribution is -2.44. The molecule has 2 amide bonds. The first-order valence-electron chi connectivity index (χ1n) is 7.08. The van der Waals surface area contributed by atoms with E-state index >= 15 is 0 Å². The number of piperidine rings is 1. The molecule has 0 spiro atoms. The van der Waals surface area contributed by atoms with E-state index in [2.05, 4.69) is 5.32 Å². The van der Waals surface area contributed by atoms with E-state index in [1.807, 2.05) is 0 Å². The summed E-state index contributed by atoms with van der Waals surface area (Å²) in [5.41, 5.74) is 5.27. The van der Waals surface area contributed by atoms with Gasteiger partial charge in [0.2, 0.25) is 11.8 Å². The quantitative estimate of drug-likeness (QED) is 0.632. The van der Waals surface area contributed by atoms with Crippen LogP contribution in [0.25, 0.3) is 0 Å². The monoisotopic (exact) mass is 269 g/mol. The number of hydrogen-bond acceptors (Lipinski definition) is 4. The lowest BCUT2D eigenvalue weighted by atomic mass is 10.0. The van der Waals surface area contributed by atoms with Gasteiger partial charge in [0, 0.05) is 25.4 Å². The number of carbonyl (C=O) groups is 2. The molecule has 19 heavy (non-hydrogen) atoms. The Morgan fingerprint density at radius 3 is 2.79 bits per heavy atom. The second-order valence-corrected chi connectivity index (χ2v) is 5.54. The van der Waals surface area contributed by atoms with Gasteiger partial charge in [-0.3, -0.25) is 9.59 Å². The van der Waals surface area contributed by atoms with E-state index in [0.717, 1.165) is 19.4 Å². The van der Waals surface area contributed by atoms with Crippen molar-refractivity contribution in [2.45, 2.75) is 56.7 Å². The second kappa shape index (κ2) is 6.34. The van der Waals surface area contributed by atoms with Gasteiger partial charge in [-0.05, 0) is 25.8 Å². The first kappa shape index (κ1) is 14.3. The molecule has 0 aromatic heterocycles. The number of aliphatic hydroxyl groups is 1. The predicted molar refractivity (Wildman–Crippen MR) is 70.2 cm³/mol. The van der Waals surface area contributed by atoms with Crippen LogP contribution in [-0.4, -0.2) is 53.1 Å². The molecule has 0 saturated carbocycles. The summed E-state index contributed by atoms with van der Waals surface area (Å²) in [4.78, 5) is 24.8. The summed E-state index contributed by atoms with van der Waals surface area (Å²) in [5.74, 6) is -0.603. The lowest BCUT2D eigenvalue weighted by molar-refractivity contribution is -0.137. The first-order chi connectivity index (χ1) is 9.08. The Labute approximate surface area is 113 Å². The Hall–Kier alpha value is -1.14. The highest BCUT2D eigenvalue weighted by atomic mass is 16.3. The SMILES string of the molecule is NC(=O)C1CC(O)CN1C(=O)CCC1CCCCN1. The van der Waals surface area contributed by atoms with E-state index < -0.39 is 18.1 Å². The van der Waals surface area contributed by atoms with Crippen LogP contribution in [0.4, 0.5) is 0 Å². The summed E-state index contributed by atoms with van der Waals surface area (Å²) in [6.07, 6.45) is 4.35. The van der Waals surface area contributed by atoms with E-state index in [1.54, 1.807) is 0 Å². The highest BCUT2D eigenvalue weighted by Gasteiger charge is 2.37. The molecular formula is C13H23N3O3. The van der Waals surface area contributed by atoms with E-state index in [0.29, 0.717) is 12.5 Å². The largest absolute Gasteiger partial charge is 0.391 e. The molecule has 0 aliphatic carbocycles. The zero-order chi connectivity index (χ0) is 13.8. The molecule has 0 aromatic rings. The third kappa shape index (κ3) is 3.67. The summed E-state index contributed by atoms with van der Waals surface area (Å²) in [6, 6.07) is -0.237. The van der Waals surface area contributed by atoms with Crippen molar-refractivity contribution < 1.29 is 14.7 Å². The molecule has 3 unspecified atom stereocenters. The molecule has 0 radical (unpaired) electrons. The molecule has 108 valence electrons. The molecule has 3 atom stereocenters. The molecule has 2 rings (SSSR count). The third-order valence-corrected chi connectivity index (χ3v) is 4.05. The maximum absolute atomic E-state index is 12.1. The summed E-state index contributed by atoms with van der Waals surface area (Å²) in [7, 11) is 0. The number of rotatable bonds is 4. The van der Waals surface area contributed by atoms with Gasteiger partial charge in [-0.2, -0.15) is 0 Å². The number of carbonyl (C=O) groups excluding carboxylic acids is 2. The van der Waals surface area contributed by atoms with Gasteiger partial charge in [-0.15, -0.1) is 0 Å². The zero-order valence-electron chi connectivity index (χ0n) is 11.2. The van der Waals surface area contributed by atoms with Crippen molar-refractivity contribution in [1.82, 2.24) is 10.2 Å². The van der Waals surface area contributed by atoms with E-state index in [4.69, 9.17) is 5.73 Å². The predicted octanol–water partition coefficient (Wildman–Crippen LogP) is -0.644. The summed E-state index contributed by atoms with van der Waals surface area (Å²) >= 11 is 0. The maximum atomic E-state index is 12.1. The summed E-state index contributed by atoms with van der Waals surface area (Å²) in [6.45, 7) is 1.25. The second-order valence-electron chi connectivity index (χ2n) is 5.54. The molecule has 2 fully saturated rings. The number of nitrogens with one attached hydrogen (secondary N) is 1. The highest BCUT2D eigenvalue weighted by Crippen LogP contribution is 2.20. The van der Waals surface area contributed by atoms with Crippen molar-refractivity contribution in [1.29, 1.82) is 0 Å². The molecule has 2 heterocycles. The average Bonchev–Trinajstić information content (AvgIpc) is 2.79. The molecule has 2 aliphatic rings. The van der Waals surface area contributed by atoms with Crippen LogP contribution in [0, 0.1) is 0 Å². The Morgan fingerprint density at radius 1 is 1.37 bits per heavy atom. The van der Waals surface area contributed by atoms with Crippen LogP contribution in [0.3, 0.4) is 0 Å². The fourth-order valence-corrected chi connectivity index (χ4v) is 2.97. The number of aliphatic hydroxyl groups excluding tert-OH is 1. The molecule has 0 bridgehead atoms. The van der Waals surface area contributed by atoms with Crippen molar-refractivity contribution in [3.63, 3.8) is 0 Å². The molecule has 0 aromatic carbocycles. The van der Waals surface area contributed by atoms with Crippen LogP contribution < -0.4 is 11.1 Å². The van der Waals surface area contributed by atoms with Gasteiger partial charge in [-0.1, -0.05) is 6.42 Å². The van der Waals surface area contributed by atoms with Crippen molar-refractivity contribution in [3.05, 3.63) is 0 Å². The van der Waals surface area contributed by atoms with Crippen LogP contribution in [0.1, 0.15) is 38.5 Å². The van der Waals surface area contributed by atoms with Crippen molar-refractivity contribution in [2.75, 3.05) is 13.1 Å². The normalized spacial score (nSPS) is 31.4. The number of likely N-dealkylation sites (tertiary alicyclic amines) is 1. The standard InChI is InChI=1S/C13H23N3O3/c14-13(19)11-7-10(17)8-16(11)12(18)5-4-9-3-1-2-6-15-9/h9-11,15,17H,1-8H2,(H2,14,19). The topological polar surface area (TPSA) is 95.7 Å². The van der Waals surface area contributed by atoms with Crippen molar-refractivity contribution >= 4 is 11.8 Å². The smallest absolute Gasteiger partial charge is 0.240 e. The number of amides is 2. The maximum Gasteiger partial charge on any atom is 0.240 e. The Balaban J connectivity index is 1.82. The van der Waals surface area contributed by atoms with E-state index in [-0.39, 0.29) is 18.9 Å². The number of nitrogens with zero attached hydrogens (tertiary/aromatic N) is 1. The fourth-order valence-electron chi connectivity index (χ4n) is 2.97. The van der Waals surface area contributed by atoms with Crippen molar-refractivity contribution in [3.8, 4) is 0 Å². The molecule has 2 saturated heterocycles. The van der Waals surface area contributed by atoms with Crippen molar-refractivity contribution in [2.24, 2.45) is 5.73 Å². The highest BCUT2D eigenvalue weighted by molar-refractivity contribution is 5.87. The first-order valence-corrected chi connectivity index (χ1v) is 7.08. The number of nitrogens with two attached hydrogens (primary N) is 1. The minimum atomic E-state index is -0.637. The van der Waals surface area contributed by atoms with Gasteiger partial charge < -0.3 is 21.1 Å². The van der Waals surface area contributed by atoms with Crippen LogP contribution in [0.15, 0.2) is 0 Å². The lowest BCUT2D eigenvalue weighted by Gasteiger charge is -2.26. The zero-order valence-corrected chi connectivity index (χ0v) is 11.2. The average molecular weight is 269 g/mol. The van der Waals surface area contributed by atoms with Gasteiger partial charge in [0.15, 0.2) is 0 Å². The van der Waals surface area contributed by atoms with Gasteiger partial charge in [0.25, 0.3) is 0 Å². The summed E-state index contributed by atoms with van der Waals surface area (Å²) < 4.78 is 0. The fraction of sp³-hybridized carbons (Fsp3) is 0.846. The molecule has 4 N–H and O–H groups in total. The number of primary amides is 1. The molecule has 6 heteroatoms. The Morgan fingerprint density at radius 2 is 2.16 bits per heavy atom. The minimum absolute atomic E-state index is 0.0762. The van der Waals surface area contributed by atoms with E-state index in [9.17, 15) is 14.7 Å².